The minimum atomic E-state index is -4.76. The van der Waals surface area contributed by atoms with E-state index in [1.165, 1.54) is 18.2 Å². The Morgan fingerprint density at radius 3 is 2.72 bits per heavy atom. The topological polar surface area (TPSA) is 77.2 Å². The van der Waals surface area contributed by atoms with Crippen molar-refractivity contribution >= 4 is 32.6 Å². The molecule has 3 N–H and O–H groups in total. The third-order valence-electron chi connectivity index (χ3n) is 3.30. The van der Waals surface area contributed by atoms with Crippen LogP contribution >= 0.6 is 11.3 Å². The first-order valence-electron chi connectivity index (χ1n) is 7.11. The molecule has 0 aliphatic heterocycles. The summed E-state index contributed by atoms with van der Waals surface area (Å²) in [4.78, 5) is 16.5. The summed E-state index contributed by atoms with van der Waals surface area (Å²) in [5.41, 5.74) is 7.18. The Labute approximate surface area is 144 Å². The first-order valence-corrected chi connectivity index (χ1v) is 7.93. The van der Waals surface area contributed by atoms with E-state index in [1.807, 2.05) is 0 Å². The number of ether oxygens (including phenoxy) is 1. The molecule has 0 unspecified atom stereocenters. The quantitative estimate of drug-likeness (QED) is 0.733. The molecule has 0 fully saturated rings. The van der Waals surface area contributed by atoms with E-state index in [4.69, 9.17) is 5.73 Å². The molecule has 130 valence electrons. The van der Waals surface area contributed by atoms with Gasteiger partial charge in [-0.15, -0.1) is 13.2 Å². The fourth-order valence-electron chi connectivity index (χ4n) is 2.24. The van der Waals surface area contributed by atoms with Crippen LogP contribution in [0.15, 0.2) is 42.5 Å². The Hall–Kier alpha value is -2.65. The van der Waals surface area contributed by atoms with E-state index >= 15 is 0 Å². The molecule has 1 aromatic heterocycles. The number of hydrogen-bond donors (Lipinski definition) is 2. The van der Waals surface area contributed by atoms with Crippen molar-refractivity contribution in [3.63, 3.8) is 0 Å². The fraction of sp³-hybridized carbons (Fsp3) is 0.125. The highest BCUT2D eigenvalue weighted by Gasteiger charge is 2.31. The number of nitrogens with two attached hydrogens (primary N) is 1. The lowest BCUT2D eigenvalue weighted by molar-refractivity contribution is -0.274. The van der Waals surface area contributed by atoms with Crippen molar-refractivity contribution in [3.05, 3.63) is 53.6 Å². The lowest BCUT2D eigenvalue weighted by Gasteiger charge is -2.07. The van der Waals surface area contributed by atoms with Gasteiger partial charge in [0.2, 0.25) is 0 Å². The largest absolute Gasteiger partial charge is 0.573 e. The molecule has 9 heteroatoms. The average Bonchev–Trinajstić information content (AvgIpc) is 2.94. The number of aromatic nitrogens is 1. The van der Waals surface area contributed by atoms with Gasteiger partial charge < -0.3 is 10.5 Å². The molecule has 3 rings (SSSR count). The summed E-state index contributed by atoms with van der Waals surface area (Å²) in [6.45, 7) is 0.210. The third-order valence-corrected chi connectivity index (χ3v) is 4.23. The standard InChI is InChI=1S/C16H12F3N3O2S/c17-16(18,19)24-10-5-6-12-13(7-10)25-15(21-12)22-14(23)11-4-2-1-3-9(11)8-20/h1-7H,8,20H2,(H,21,22,23). The second-order valence-corrected chi connectivity index (χ2v) is 6.04. The zero-order chi connectivity index (χ0) is 18.0. The van der Waals surface area contributed by atoms with Gasteiger partial charge in [-0.25, -0.2) is 4.98 Å². The van der Waals surface area contributed by atoms with Crippen molar-refractivity contribution in [3.8, 4) is 5.75 Å². The molecule has 2 aromatic carbocycles. The minimum absolute atomic E-state index is 0.210. The number of alkyl halides is 3. The van der Waals surface area contributed by atoms with Crippen molar-refractivity contribution in [2.24, 2.45) is 5.73 Å². The Bertz CT molecular complexity index is 924. The van der Waals surface area contributed by atoms with E-state index in [0.29, 0.717) is 21.3 Å². The maximum absolute atomic E-state index is 12.4. The number of nitrogens with one attached hydrogen (secondary N) is 1. The van der Waals surface area contributed by atoms with Crippen molar-refractivity contribution in [2.75, 3.05) is 5.32 Å². The van der Waals surface area contributed by atoms with Crippen LogP contribution in [-0.2, 0) is 6.54 Å². The van der Waals surface area contributed by atoms with E-state index in [0.717, 1.165) is 11.3 Å². The highest BCUT2D eigenvalue weighted by molar-refractivity contribution is 7.22. The highest BCUT2D eigenvalue weighted by Crippen LogP contribution is 2.31. The molecule has 0 saturated carbocycles. The average molecular weight is 367 g/mol. The first kappa shape index (κ1) is 17.2. The van der Waals surface area contributed by atoms with Crippen LogP contribution in [0.25, 0.3) is 10.2 Å². The predicted octanol–water partition coefficient (Wildman–Crippen LogP) is 3.91. The highest BCUT2D eigenvalue weighted by atomic mass is 32.1. The first-order chi connectivity index (χ1) is 11.9. The fourth-order valence-corrected chi connectivity index (χ4v) is 3.13. The monoisotopic (exact) mass is 367 g/mol. The molecule has 3 aromatic rings. The number of rotatable bonds is 4. The molecule has 1 heterocycles. The molecule has 0 spiro atoms. The van der Waals surface area contributed by atoms with Crippen molar-refractivity contribution in [1.82, 2.24) is 4.98 Å². The summed E-state index contributed by atoms with van der Waals surface area (Å²) in [6, 6.07) is 10.7. The molecule has 0 atom stereocenters. The number of hydrogen-bond acceptors (Lipinski definition) is 5. The number of carbonyl (C=O) groups is 1. The number of carbonyl (C=O) groups excluding carboxylic acids is 1. The number of amides is 1. The molecular weight excluding hydrogens is 355 g/mol. The van der Waals surface area contributed by atoms with Crippen LogP contribution < -0.4 is 15.8 Å². The molecule has 0 bridgehead atoms. The van der Waals surface area contributed by atoms with Crippen LogP contribution in [0.5, 0.6) is 5.75 Å². The van der Waals surface area contributed by atoms with Gasteiger partial charge in [0, 0.05) is 18.2 Å². The Kier molecular flexibility index (Phi) is 4.60. The van der Waals surface area contributed by atoms with E-state index in [1.54, 1.807) is 24.3 Å². The van der Waals surface area contributed by atoms with Gasteiger partial charge >= 0.3 is 6.36 Å². The molecule has 0 aliphatic rings. The zero-order valence-electron chi connectivity index (χ0n) is 12.6. The Morgan fingerprint density at radius 2 is 2.00 bits per heavy atom. The van der Waals surface area contributed by atoms with E-state index in [2.05, 4.69) is 15.0 Å². The summed E-state index contributed by atoms with van der Waals surface area (Å²) in [7, 11) is 0. The maximum atomic E-state index is 12.4. The van der Waals surface area contributed by atoms with Gasteiger partial charge in [-0.05, 0) is 23.8 Å². The Morgan fingerprint density at radius 1 is 1.24 bits per heavy atom. The van der Waals surface area contributed by atoms with Crippen molar-refractivity contribution < 1.29 is 22.7 Å². The smallest absolute Gasteiger partial charge is 0.406 e. The van der Waals surface area contributed by atoms with Gasteiger partial charge in [0.05, 0.1) is 10.2 Å². The minimum Gasteiger partial charge on any atom is -0.406 e. The van der Waals surface area contributed by atoms with Crippen LogP contribution in [0.2, 0.25) is 0 Å². The van der Waals surface area contributed by atoms with Gasteiger partial charge in [-0.2, -0.15) is 0 Å². The van der Waals surface area contributed by atoms with Crippen LogP contribution in [0.4, 0.5) is 18.3 Å². The van der Waals surface area contributed by atoms with Gasteiger partial charge in [-0.1, -0.05) is 29.5 Å². The normalized spacial score (nSPS) is 11.5. The van der Waals surface area contributed by atoms with E-state index in [-0.39, 0.29) is 23.3 Å². The number of fused-ring (bicyclic) bond motifs is 1. The lowest BCUT2D eigenvalue weighted by atomic mass is 10.1. The summed E-state index contributed by atoms with van der Waals surface area (Å²) in [5.74, 6) is -0.720. The second kappa shape index (κ2) is 6.69. The molecule has 0 saturated heterocycles. The van der Waals surface area contributed by atoms with Crippen LogP contribution in [0.3, 0.4) is 0 Å². The SMILES string of the molecule is NCc1ccccc1C(=O)Nc1nc2ccc(OC(F)(F)F)cc2s1. The number of benzene rings is 2. The third kappa shape index (κ3) is 4.06. The van der Waals surface area contributed by atoms with Gasteiger partial charge in [0.25, 0.3) is 5.91 Å². The van der Waals surface area contributed by atoms with E-state index < -0.39 is 6.36 Å². The lowest BCUT2D eigenvalue weighted by Crippen LogP contribution is -2.16. The van der Waals surface area contributed by atoms with Crippen LogP contribution in [0, 0.1) is 0 Å². The van der Waals surface area contributed by atoms with E-state index in [9.17, 15) is 18.0 Å². The summed E-state index contributed by atoms with van der Waals surface area (Å²) in [6.07, 6.45) is -4.76. The number of anilines is 1. The predicted molar refractivity (Wildman–Crippen MR) is 88.6 cm³/mol. The molecule has 25 heavy (non-hydrogen) atoms. The van der Waals surface area contributed by atoms with Crippen molar-refractivity contribution in [1.29, 1.82) is 0 Å². The zero-order valence-corrected chi connectivity index (χ0v) is 13.4. The van der Waals surface area contributed by atoms with Crippen LogP contribution in [0.1, 0.15) is 15.9 Å². The second-order valence-electron chi connectivity index (χ2n) is 5.01. The summed E-state index contributed by atoms with van der Waals surface area (Å²) in [5, 5.41) is 2.91. The number of thiazole rings is 1. The van der Waals surface area contributed by atoms with Gasteiger partial charge in [0.15, 0.2) is 5.13 Å². The Balaban J connectivity index is 1.83. The van der Waals surface area contributed by atoms with Gasteiger partial charge in [-0.3, -0.25) is 10.1 Å². The summed E-state index contributed by atoms with van der Waals surface area (Å²) >= 11 is 1.05. The summed E-state index contributed by atoms with van der Waals surface area (Å²) < 4.78 is 41.2. The number of nitrogens with zero attached hydrogens (tertiary/aromatic N) is 1. The molecular formula is C16H12F3N3O2S. The van der Waals surface area contributed by atoms with Crippen LogP contribution in [-0.4, -0.2) is 17.3 Å². The number of halogens is 3. The maximum Gasteiger partial charge on any atom is 0.573 e. The molecule has 0 aliphatic carbocycles. The molecule has 0 radical (unpaired) electrons. The molecule has 1 amide bonds. The van der Waals surface area contributed by atoms with Crippen molar-refractivity contribution in [2.45, 2.75) is 12.9 Å². The molecule has 5 nitrogen and oxygen atoms in total. The van der Waals surface area contributed by atoms with Gasteiger partial charge in [0.1, 0.15) is 5.75 Å².